The van der Waals surface area contributed by atoms with Crippen molar-refractivity contribution in [2.45, 2.75) is 17.9 Å². The Bertz CT molecular complexity index is 1150. The Morgan fingerprint density at radius 3 is 2.63 bits per heavy atom. The number of thiophene rings is 1. The fourth-order valence-electron chi connectivity index (χ4n) is 3.36. The summed E-state index contributed by atoms with van der Waals surface area (Å²) in [5, 5.41) is -0.0539. The molecule has 0 atom stereocenters. The van der Waals surface area contributed by atoms with Gasteiger partial charge in [-0.15, -0.1) is 11.3 Å². The summed E-state index contributed by atoms with van der Waals surface area (Å²) in [6, 6.07) is 11.9. The van der Waals surface area contributed by atoms with Crippen molar-refractivity contribution in [1.29, 1.82) is 0 Å². The van der Waals surface area contributed by atoms with Crippen LogP contribution in [0.1, 0.15) is 20.8 Å². The molecule has 4 rings (SSSR count). The van der Waals surface area contributed by atoms with Crippen molar-refractivity contribution >= 4 is 37.4 Å². The molecule has 8 heteroatoms. The van der Waals surface area contributed by atoms with Crippen molar-refractivity contribution < 1.29 is 22.3 Å². The molecule has 0 amide bonds. The first-order valence-electron chi connectivity index (χ1n) is 8.29. The van der Waals surface area contributed by atoms with E-state index in [1.807, 2.05) is 24.3 Å². The third-order valence-corrected chi connectivity index (χ3v) is 7.86. The third-order valence-electron chi connectivity index (χ3n) is 4.68. The summed E-state index contributed by atoms with van der Waals surface area (Å²) in [4.78, 5) is 11.8. The van der Waals surface area contributed by atoms with Crippen LogP contribution in [0.25, 0.3) is 10.1 Å². The van der Waals surface area contributed by atoms with E-state index in [2.05, 4.69) is 0 Å². The average molecular weight is 405 g/mol. The molecule has 0 bridgehead atoms. The van der Waals surface area contributed by atoms with E-state index < -0.39 is 21.8 Å². The lowest BCUT2D eigenvalue weighted by atomic mass is 10.0. The largest absolute Gasteiger partial charge is 0.465 e. The molecular weight excluding hydrogens is 389 g/mol. The normalized spacial score (nSPS) is 14.9. The average Bonchev–Trinajstić information content (AvgIpc) is 3.09. The van der Waals surface area contributed by atoms with Crippen LogP contribution in [0.4, 0.5) is 4.39 Å². The summed E-state index contributed by atoms with van der Waals surface area (Å²) in [6.45, 7) is 0.455. The predicted octanol–water partition coefficient (Wildman–Crippen LogP) is 3.57. The van der Waals surface area contributed by atoms with Crippen LogP contribution in [-0.4, -0.2) is 32.3 Å². The Morgan fingerprint density at radius 1 is 1.15 bits per heavy atom. The van der Waals surface area contributed by atoms with E-state index in [1.54, 1.807) is 6.07 Å². The zero-order valence-electron chi connectivity index (χ0n) is 14.4. The number of sulfonamides is 1. The Hall–Kier alpha value is -2.29. The molecule has 0 N–H and O–H groups in total. The van der Waals surface area contributed by atoms with E-state index in [4.69, 9.17) is 4.74 Å². The van der Waals surface area contributed by atoms with Crippen LogP contribution in [-0.2, 0) is 27.7 Å². The van der Waals surface area contributed by atoms with E-state index >= 15 is 0 Å². The molecule has 3 aromatic rings. The van der Waals surface area contributed by atoms with Gasteiger partial charge >= 0.3 is 5.97 Å². The van der Waals surface area contributed by atoms with Crippen molar-refractivity contribution in [2.75, 3.05) is 13.7 Å². The van der Waals surface area contributed by atoms with Crippen molar-refractivity contribution in [3.8, 4) is 0 Å². The first kappa shape index (κ1) is 18.1. The van der Waals surface area contributed by atoms with Crippen LogP contribution in [0, 0.1) is 5.82 Å². The van der Waals surface area contributed by atoms with Crippen molar-refractivity contribution in [2.24, 2.45) is 0 Å². The maximum absolute atomic E-state index is 14.5. The summed E-state index contributed by atoms with van der Waals surface area (Å²) in [5.41, 5.74) is 2.01. The van der Waals surface area contributed by atoms with Crippen LogP contribution in [0.15, 0.2) is 47.4 Å². The number of carbonyl (C=O) groups is 1. The number of hydrogen-bond acceptors (Lipinski definition) is 5. The SMILES string of the molecule is COC(=O)c1sc2cccc(F)c2c1S(=O)(=O)N1CCc2ccccc2C1. The molecule has 5 nitrogen and oxygen atoms in total. The standard InChI is InChI=1S/C19H16FNO4S2/c1-25-19(22)17-18(16-14(20)7-4-8-15(16)26-17)27(23,24)21-10-9-12-5-2-3-6-13(12)11-21/h2-8H,9-11H2,1H3. The second-order valence-electron chi connectivity index (χ2n) is 6.22. The van der Waals surface area contributed by atoms with Gasteiger partial charge in [0.25, 0.3) is 0 Å². The molecule has 0 aliphatic carbocycles. The first-order valence-corrected chi connectivity index (χ1v) is 10.6. The maximum Gasteiger partial charge on any atom is 0.349 e. The second-order valence-corrected chi connectivity index (χ2v) is 9.15. The quantitative estimate of drug-likeness (QED) is 0.625. The number of benzene rings is 2. The van der Waals surface area contributed by atoms with Gasteiger partial charge in [0.2, 0.25) is 10.0 Å². The van der Waals surface area contributed by atoms with Crippen molar-refractivity contribution in [3.05, 3.63) is 64.3 Å². The predicted molar refractivity (Wildman–Crippen MR) is 101 cm³/mol. The van der Waals surface area contributed by atoms with E-state index in [1.165, 1.54) is 23.5 Å². The van der Waals surface area contributed by atoms with Gasteiger partial charge in [-0.05, 0) is 29.7 Å². The lowest BCUT2D eigenvalue weighted by molar-refractivity contribution is 0.0602. The summed E-state index contributed by atoms with van der Waals surface area (Å²) in [5.74, 6) is -1.46. The van der Waals surface area contributed by atoms with Crippen LogP contribution in [0.5, 0.6) is 0 Å². The molecule has 1 aromatic heterocycles. The van der Waals surface area contributed by atoms with Crippen LogP contribution >= 0.6 is 11.3 Å². The highest BCUT2D eigenvalue weighted by atomic mass is 32.2. The van der Waals surface area contributed by atoms with Gasteiger partial charge in [0.1, 0.15) is 15.6 Å². The molecular formula is C19H16FNO4S2. The highest BCUT2D eigenvalue weighted by Gasteiger charge is 2.36. The van der Waals surface area contributed by atoms with E-state index in [-0.39, 0.29) is 28.2 Å². The summed E-state index contributed by atoms with van der Waals surface area (Å²) < 4.78 is 47.8. The zero-order chi connectivity index (χ0) is 19.2. The van der Waals surface area contributed by atoms with E-state index in [9.17, 15) is 17.6 Å². The number of ether oxygens (including phenoxy) is 1. The number of esters is 1. The fourth-order valence-corrected chi connectivity index (χ4v) is 6.57. The lowest BCUT2D eigenvalue weighted by Crippen LogP contribution is -2.36. The minimum absolute atomic E-state index is 0.0539. The van der Waals surface area contributed by atoms with Crippen LogP contribution in [0.2, 0.25) is 0 Å². The molecule has 0 fully saturated rings. The Balaban J connectivity index is 1.89. The minimum Gasteiger partial charge on any atom is -0.465 e. The van der Waals surface area contributed by atoms with Gasteiger partial charge in [0.05, 0.1) is 7.11 Å². The van der Waals surface area contributed by atoms with Gasteiger partial charge in [-0.3, -0.25) is 0 Å². The zero-order valence-corrected chi connectivity index (χ0v) is 16.1. The van der Waals surface area contributed by atoms with Crippen LogP contribution < -0.4 is 0 Å². The maximum atomic E-state index is 14.5. The van der Waals surface area contributed by atoms with Gasteiger partial charge < -0.3 is 4.74 Å². The molecule has 0 radical (unpaired) electrons. The van der Waals surface area contributed by atoms with E-state index in [0.29, 0.717) is 11.1 Å². The molecule has 0 spiro atoms. The molecule has 0 unspecified atom stereocenters. The smallest absolute Gasteiger partial charge is 0.349 e. The van der Waals surface area contributed by atoms with Crippen molar-refractivity contribution in [1.82, 2.24) is 4.31 Å². The molecule has 2 aromatic carbocycles. The number of halogens is 1. The number of rotatable bonds is 3. The number of methoxy groups -OCH3 is 1. The molecule has 27 heavy (non-hydrogen) atoms. The van der Waals surface area contributed by atoms with Gasteiger partial charge in [-0.25, -0.2) is 17.6 Å². The Kier molecular flexibility index (Phi) is 4.49. The molecule has 0 saturated carbocycles. The Morgan fingerprint density at radius 2 is 1.89 bits per heavy atom. The number of nitrogens with zero attached hydrogens (tertiary/aromatic N) is 1. The fraction of sp³-hybridized carbons (Fsp3) is 0.211. The number of carbonyl (C=O) groups excluding carboxylic acids is 1. The third kappa shape index (κ3) is 2.93. The molecule has 140 valence electrons. The van der Waals surface area contributed by atoms with Gasteiger partial charge in [0, 0.05) is 23.2 Å². The van der Waals surface area contributed by atoms with Gasteiger partial charge in [-0.1, -0.05) is 30.3 Å². The first-order chi connectivity index (χ1) is 12.9. The van der Waals surface area contributed by atoms with Gasteiger partial charge in [0.15, 0.2) is 0 Å². The highest BCUT2D eigenvalue weighted by Crippen LogP contribution is 2.39. The topological polar surface area (TPSA) is 63.7 Å². The van der Waals surface area contributed by atoms with Crippen LogP contribution in [0.3, 0.4) is 0 Å². The monoisotopic (exact) mass is 405 g/mol. The minimum atomic E-state index is -4.09. The molecule has 0 saturated heterocycles. The summed E-state index contributed by atoms with van der Waals surface area (Å²) >= 11 is 0.927. The summed E-state index contributed by atoms with van der Waals surface area (Å²) in [6.07, 6.45) is 0.563. The highest BCUT2D eigenvalue weighted by molar-refractivity contribution is 7.89. The molecule has 2 heterocycles. The van der Waals surface area contributed by atoms with Gasteiger partial charge in [-0.2, -0.15) is 4.31 Å². The lowest BCUT2D eigenvalue weighted by Gasteiger charge is -2.28. The molecule has 1 aliphatic rings. The van der Waals surface area contributed by atoms with E-state index in [0.717, 1.165) is 22.5 Å². The second kappa shape index (κ2) is 6.70. The Labute approximate surface area is 160 Å². The number of hydrogen-bond donors (Lipinski definition) is 0. The number of fused-ring (bicyclic) bond motifs is 2. The summed E-state index contributed by atoms with van der Waals surface area (Å²) in [7, 11) is -2.92. The van der Waals surface area contributed by atoms with Crippen molar-refractivity contribution in [3.63, 3.8) is 0 Å². The molecule has 1 aliphatic heterocycles.